The predicted molar refractivity (Wildman–Crippen MR) is 102 cm³/mol. The molecule has 2 aromatic carbocycles. The first-order valence-corrected chi connectivity index (χ1v) is 8.74. The molecule has 0 unspecified atom stereocenters. The molecule has 1 aliphatic heterocycles. The summed E-state index contributed by atoms with van der Waals surface area (Å²) in [5, 5.41) is 0.588. The second-order valence-corrected chi connectivity index (χ2v) is 6.13. The Labute approximate surface area is 164 Å². The van der Waals surface area contributed by atoms with Crippen LogP contribution in [0.15, 0.2) is 42.5 Å². The van der Waals surface area contributed by atoms with E-state index in [-0.39, 0.29) is 30.5 Å². The molecule has 0 spiro atoms. The number of pyridine rings is 1. The van der Waals surface area contributed by atoms with E-state index in [4.69, 9.17) is 19.9 Å². The Morgan fingerprint density at radius 3 is 2.52 bits per heavy atom. The van der Waals surface area contributed by atoms with Gasteiger partial charge in [0, 0.05) is 11.5 Å². The fourth-order valence-corrected chi connectivity index (χ4v) is 3.03. The molecular formula is C20H16FN3O5. The number of nitrogens with two attached hydrogens (primary N) is 1. The maximum absolute atomic E-state index is 13.3. The number of rotatable bonds is 4. The highest BCUT2D eigenvalue weighted by Gasteiger charge is 2.26. The van der Waals surface area contributed by atoms with Crippen LogP contribution < -0.4 is 20.1 Å². The number of fused-ring (bicyclic) bond motifs is 2. The SMILES string of the molecule is CCOC(=O)c1cc2cc3c(cc2nc1N(C(N)=O)c1ccc(F)cc1)OCO3. The van der Waals surface area contributed by atoms with Crippen LogP contribution in [-0.2, 0) is 4.74 Å². The monoisotopic (exact) mass is 397 g/mol. The van der Waals surface area contributed by atoms with Crippen molar-refractivity contribution in [2.45, 2.75) is 6.92 Å². The van der Waals surface area contributed by atoms with Crippen LogP contribution in [0, 0.1) is 5.82 Å². The highest BCUT2D eigenvalue weighted by Crippen LogP contribution is 2.38. The number of halogens is 1. The number of carbonyl (C=O) groups is 2. The Bertz CT molecular complexity index is 1120. The van der Waals surface area contributed by atoms with Crippen molar-refractivity contribution in [1.82, 2.24) is 4.98 Å². The summed E-state index contributed by atoms with van der Waals surface area (Å²) in [5.74, 6) is -0.181. The van der Waals surface area contributed by atoms with Crippen molar-refractivity contribution < 1.29 is 28.2 Å². The molecule has 0 atom stereocenters. The quantitative estimate of drug-likeness (QED) is 0.676. The predicted octanol–water partition coefficient (Wildman–Crippen LogP) is 3.50. The summed E-state index contributed by atoms with van der Waals surface area (Å²) in [7, 11) is 0. The van der Waals surface area contributed by atoms with E-state index < -0.39 is 17.8 Å². The van der Waals surface area contributed by atoms with Crippen LogP contribution >= 0.6 is 0 Å². The minimum atomic E-state index is -0.894. The number of amides is 2. The molecule has 0 aliphatic carbocycles. The molecule has 0 radical (unpaired) electrons. The van der Waals surface area contributed by atoms with Gasteiger partial charge in [-0.2, -0.15) is 0 Å². The van der Waals surface area contributed by atoms with Gasteiger partial charge in [-0.3, -0.25) is 0 Å². The van der Waals surface area contributed by atoms with E-state index in [1.807, 2.05) is 0 Å². The second-order valence-electron chi connectivity index (χ2n) is 6.13. The second kappa shape index (κ2) is 7.27. The van der Waals surface area contributed by atoms with Crippen LogP contribution in [0.5, 0.6) is 11.5 Å². The number of hydrogen-bond acceptors (Lipinski definition) is 6. The molecule has 8 nitrogen and oxygen atoms in total. The van der Waals surface area contributed by atoms with Crippen molar-refractivity contribution in [3.63, 3.8) is 0 Å². The molecule has 0 bridgehead atoms. The molecule has 0 saturated heterocycles. The molecule has 4 rings (SSSR count). The van der Waals surface area contributed by atoms with Gasteiger partial charge in [0.1, 0.15) is 11.4 Å². The minimum absolute atomic E-state index is 0.0290. The Kier molecular flexibility index (Phi) is 4.63. The van der Waals surface area contributed by atoms with Gasteiger partial charge in [0.05, 0.1) is 17.8 Å². The first-order valence-electron chi connectivity index (χ1n) is 8.74. The molecule has 9 heteroatoms. The molecule has 3 aromatic rings. The van der Waals surface area contributed by atoms with Crippen LogP contribution in [-0.4, -0.2) is 30.4 Å². The lowest BCUT2D eigenvalue weighted by Crippen LogP contribution is -2.33. The number of primary amides is 1. The average molecular weight is 397 g/mol. The first kappa shape index (κ1) is 18.5. The Hall–Kier alpha value is -3.88. The van der Waals surface area contributed by atoms with E-state index in [1.165, 1.54) is 30.3 Å². The molecule has 2 heterocycles. The van der Waals surface area contributed by atoms with Crippen LogP contribution in [0.2, 0.25) is 0 Å². The van der Waals surface area contributed by atoms with Gasteiger partial charge in [-0.25, -0.2) is 23.9 Å². The smallest absolute Gasteiger partial charge is 0.341 e. The molecule has 29 heavy (non-hydrogen) atoms. The maximum Gasteiger partial charge on any atom is 0.341 e. The number of aromatic nitrogens is 1. The van der Waals surface area contributed by atoms with Gasteiger partial charge >= 0.3 is 12.0 Å². The summed E-state index contributed by atoms with van der Waals surface area (Å²) >= 11 is 0. The third-order valence-corrected chi connectivity index (χ3v) is 4.30. The zero-order valence-electron chi connectivity index (χ0n) is 15.3. The summed E-state index contributed by atoms with van der Waals surface area (Å²) in [6.07, 6.45) is 0. The fourth-order valence-electron chi connectivity index (χ4n) is 3.03. The molecule has 2 amide bonds. The van der Waals surface area contributed by atoms with Gasteiger partial charge in [-0.1, -0.05) is 0 Å². The van der Waals surface area contributed by atoms with Crippen molar-refractivity contribution in [1.29, 1.82) is 0 Å². The van der Waals surface area contributed by atoms with Crippen molar-refractivity contribution in [3.05, 3.63) is 53.8 Å². The topological polar surface area (TPSA) is 104 Å². The van der Waals surface area contributed by atoms with Crippen molar-refractivity contribution in [3.8, 4) is 11.5 Å². The molecule has 2 N–H and O–H groups in total. The summed E-state index contributed by atoms with van der Waals surface area (Å²) in [6, 6.07) is 9.04. The lowest BCUT2D eigenvalue weighted by molar-refractivity contribution is 0.0527. The third kappa shape index (κ3) is 3.38. The summed E-state index contributed by atoms with van der Waals surface area (Å²) < 4.78 is 29.2. The van der Waals surface area contributed by atoms with E-state index in [1.54, 1.807) is 19.1 Å². The third-order valence-electron chi connectivity index (χ3n) is 4.30. The first-order chi connectivity index (χ1) is 14.0. The summed E-state index contributed by atoms with van der Waals surface area (Å²) in [4.78, 5) is 30.4. The highest BCUT2D eigenvalue weighted by atomic mass is 19.1. The van der Waals surface area contributed by atoms with Gasteiger partial charge in [0.2, 0.25) is 6.79 Å². The molecule has 0 saturated carbocycles. The van der Waals surface area contributed by atoms with Crippen LogP contribution in [0.25, 0.3) is 10.9 Å². The number of esters is 1. The maximum atomic E-state index is 13.3. The number of ether oxygens (including phenoxy) is 3. The number of urea groups is 1. The number of nitrogens with zero attached hydrogens (tertiary/aromatic N) is 2. The standard InChI is InChI=1S/C20H16FN3O5/c1-2-27-19(25)14-7-11-8-16-17(29-10-28-16)9-15(11)23-18(14)24(20(22)26)13-5-3-12(21)4-6-13/h3-9H,2,10H2,1H3,(H2,22,26). The van der Waals surface area contributed by atoms with Gasteiger partial charge in [-0.15, -0.1) is 0 Å². The molecular weight excluding hydrogens is 381 g/mol. The number of hydrogen-bond donors (Lipinski definition) is 1. The van der Waals surface area contributed by atoms with E-state index in [0.717, 1.165) is 4.90 Å². The molecule has 0 fully saturated rings. The zero-order chi connectivity index (χ0) is 20.5. The van der Waals surface area contributed by atoms with Crippen molar-refractivity contribution in [2.75, 3.05) is 18.3 Å². The van der Waals surface area contributed by atoms with Gasteiger partial charge in [-0.05, 0) is 43.3 Å². The number of carbonyl (C=O) groups excluding carboxylic acids is 2. The molecule has 1 aliphatic rings. The largest absolute Gasteiger partial charge is 0.462 e. The normalized spacial score (nSPS) is 12.1. The lowest BCUT2D eigenvalue weighted by Gasteiger charge is -2.22. The minimum Gasteiger partial charge on any atom is -0.462 e. The zero-order valence-corrected chi connectivity index (χ0v) is 15.3. The Balaban J connectivity index is 1.94. The van der Waals surface area contributed by atoms with Gasteiger partial charge in [0.15, 0.2) is 17.3 Å². The van der Waals surface area contributed by atoms with E-state index in [9.17, 15) is 14.0 Å². The average Bonchev–Trinajstić information content (AvgIpc) is 3.14. The van der Waals surface area contributed by atoms with Gasteiger partial charge < -0.3 is 19.9 Å². The van der Waals surface area contributed by atoms with E-state index in [0.29, 0.717) is 22.4 Å². The van der Waals surface area contributed by atoms with Crippen LogP contribution in [0.3, 0.4) is 0 Å². The number of anilines is 2. The highest BCUT2D eigenvalue weighted by molar-refractivity contribution is 6.07. The van der Waals surface area contributed by atoms with E-state index >= 15 is 0 Å². The van der Waals surface area contributed by atoms with Gasteiger partial charge in [0.25, 0.3) is 0 Å². The van der Waals surface area contributed by atoms with Crippen LogP contribution in [0.4, 0.5) is 20.7 Å². The molecule has 148 valence electrons. The Morgan fingerprint density at radius 2 is 1.86 bits per heavy atom. The van der Waals surface area contributed by atoms with Crippen molar-refractivity contribution in [2.24, 2.45) is 5.73 Å². The Morgan fingerprint density at radius 1 is 1.17 bits per heavy atom. The fraction of sp³-hybridized carbons (Fsp3) is 0.150. The van der Waals surface area contributed by atoms with E-state index in [2.05, 4.69) is 4.98 Å². The molecule has 1 aromatic heterocycles. The summed E-state index contributed by atoms with van der Waals surface area (Å²) in [5.41, 5.74) is 6.30. The number of benzene rings is 2. The summed E-state index contributed by atoms with van der Waals surface area (Å²) in [6.45, 7) is 1.87. The van der Waals surface area contributed by atoms with Crippen molar-refractivity contribution >= 4 is 34.4 Å². The van der Waals surface area contributed by atoms with Crippen LogP contribution in [0.1, 0.15) is 17.3 Å². The lowest BCUT2D eigenvalue weighted by atomic mass is 10.1.